The summed E-state index contributed by atoms with van der Waals surface area (Å²) in [5.41, 5.74) is 0.165. The highest BCUT2D eigenvalue weighted by Crippen LogP contribution is 2.23. The van der Waals surface area contributed by atoms with Crippen LogP contribution < -0.4 is 0 Å². The van der Waals surface area contributed by atoms with E-state index in [4.69, 9.17) is 16.3 Å². The second-order valence-electron chi connectivity index (χ2n) is 4.87. The summed E-state index contributed by atoms with van der Waals surface area (Å²) in [6.07, 6.45) is 1.16. The third kappa shape index (κ3) is 3.53. The number of hydrogen-bond acceptors (Lipinski definition) is 3. The van der Waals surface area contributed by atoms with Gasteiger partial charge in [0.05, 0.1) is 13.0 Å². The molecule has 0 N–H and O–H groups in total. The van der Waals surface area contributed by atoms with Gasteiger partial charge in [0, 0.05) is 17.1 Å². The number of likely N-dealkylation sites (tertiary alicyclic amines) is 1. The van der Waals surface area contributed by atoms with Crippen LogP contribution in [0.25, 0.3) is 0 Å². The molecule has 1 heterocycles. The predicted octanol–water partition coefficient (Wildman–Crippen LogP) is 2.58. The van der Waals surface area contributed by atoms with Gasteiger partial charge in [0.25, 0.3) is 0 Å². The fraction of sp³-hybridized carbons (Fsp3) is 0.467. The van der Waals surface area contributed by atoms with Crippen molar-refractivity contribution in [1.29, 1.82) is 0 Å². The van der Waals surface area contributed by atoms with E-state index in [1.807, 2.05) is 0 Å². The first-order valence-electron chi connectivity index (χ1n) is 6.93. The average molecular weight is 314 g/mol. The van der Waals surface area contributed by atoms with Crippen LogP contribution in [-0.2, 0) is 20.7 Å². The van der Waals surface area contributed by atoms with Gasteiger partial charge in [0.15, 0.2) is 0 Å². The fourth-order valence-corrected chi connectivity index (χ4v) is 2.73. The molecule has 0 aliphatic carbocycles. The van der Waals surface area contributed by atoms with E-state index in [1.165, 1.54) is 17.0 Å². The summed E-state index contributed by atoms with van der Waals surface area (Å²) in [6, 6.07) is 3.73. The molecule has 2 rings (SSSR count). The van der Waals surface area contributed by atoms with Crippen LogP contribution in [0, 0.1) is 5.82 Å². The van der Waals surface area contributed by atoms with Gasteiger partial charge in [0.2, 0.25) is 5.91 Å². The maximum atomic E-state index is 13.7. The number of rotatable bonds is 4. The molecule has 1 aliphatic rings. The van der Waals surface area contributed by atoms with Gasteiger partial charge in [0.1, 0.15) is 11.9 Å². The molecule has 4 nitrogen and oxygen atoms in total. The van der Waals surface area contributed by atoms with E-state index in [-0.39, 0.29) is 29.5 Å². The summed E-state index contributed by atoms with van der Waals surface area (Å²) >= 11 is 5.93. The van der Waals surface area contributed by atoms with E-state index >= 15 is 0 Å². The molecule has 1 aliphatic heterocycles. The van der Waals surface area contributed by atoms with Gasteiger partial charge in [-0.3, -0.25) is 4.79 Å². The van der Waals surface area contributed by atoms with Gasteiger partial charge in [-0.05, 0) is 31.9 Å². The van der Waals surface area contributed by atoms with Crippen molar-refractivity contribution < 1.29 is 18.7 Å². The lowest BCUT2D eigenvalue weighted by Crippen LogP contribution is -2.42. The van der Waals surface area contributed by atoms with E-state index in [0.717, 1.165) is 6.42 Å². The van der Waals surface area contributed by atoms with Crippen LogP contribution in [0.3, 0.4) is 0 Å². The summed E-state index contributed by atoms with van der Waals surface area (Å²) in [7, 11) is 0. The van der Waals surface area contributed by atoms with Crippen molar-refractivity contribution >= 4 is 23.5 Å². The first-order chi connectivity index (χ1) is 10.0. The molecule has 114 valence electrons. The zero-order chi connectivity index (χ0) is 15.4. The Bertz CT molecular complexity index is 529. The van der Waals surface area contributed by atoms with Gasteiger partial charge in [-0.25, -0.2) is 9.18 Å². The van der Waals surface area contributed by atoms with Crippen molar-refractivity contribution in [2.75, 3.05) is 13.2 Å². The van der Waals surface area contributed by atoms with E-state index in [9.17, 15) is 14.0 Å². The summed E-state index contributed by atoms with van der Waals surface area (Å²) < 4.78 is 18.7. The molecular weight excluding hydrogens is 297 g/mol. The van der Waals surface area contributed by atoms with Crippen molar-refractivity contribution in [2.24, 2.45) is 0 Å². The van der Waals surface area contributed by atoms with Crippen LogP contribution in [0.1, 0.15) is 25.3 Å². The molecule has 1 unspecified atom stereocenters. The minimum Gasteiger partial charge on any atom is -0.464 e. The third-order valence-corrected chi connectivity index (χ3v) is 3.88. The Kier molecular flexibility index (Phi) is 5.17. The zero-order valence-corrected chi connectivity index (χ0v) is 12.5. The molecule has 1 saturated heterocycles. The van der Waals surface area contributed by atoms with Crippen LogP contribution in [-0.4, -0.2) is 36.0 Å². The maximum Gasteiger partial charge on any atom is 0.328 e. The second kappa shape index (κ2) is 6.89. The summed E-state index contributed by atoms with van der Waals surface area (Å²) in [4.78, 5) is 25.6. The summed E-state index contributed by atoms with van der Waals surface area (Å²) in [5, 5.41) is 0.218. The highest BCUT2D eigenvalue weighted by Gasteiger charge is 2.35. The molecule has 0 saturated carbocycles. The molecular formula is C15H17ClFNO3. The number of carbonyl (C=O) groups is 2. The van der Waals surface area contributed by atoms with Gasteiger partial charge < -0.3 is 9.64 Å². The van der Waals surface area contributed by atoms with E-state index < -0.39 is 17.8 Å². The number of esters is 1. The van der Waals surface area contributed by atoms with Crippen LogP contribution in [0.5, 0.6) is 0 Å². The number of ether oxygens (including phenoxy) is 1. The molecule has 1 aromatic carbocycles. The van der Waals surface area contributed by atoms with Crippen LogP contribution >= 0.6 is 11.6 Å². The van der Waals surface area contributed by atoms with Crippen molar-refractivity contribution in [1.82, 2.24) is 4.90 Å². The standard InChI is InChI=1S/C15H17ClFNO3/c1-2-21-15(20)13-7-4-8-18(13)14(19)9-10-11(16)5-3-6-12(10)17/h3,5-6,13H,2,4,7-9H2,1H3. The molecule has 0 bridgehead atoms. The van der Waals surface area contributed by atoms with E-state index in [0.29, 0.717) is 13.0 Å². The Morgan fingerprint density at radius 1 is 1.48 bits per heavy atom. The monoisotopic (exact) mass is 313 g/mol. The first kappa shape index (κ1) is 15.8. The molecule has 1 atom stereocenters. The van der Waals surface area contributed by atoms with Crippen molar-refractivity contribution in [2.45, 2.75) is 32.2 Å². The molecule has 0 radical (unpaired) electrons. The Balaban J connectivity index is 2.11. The lowest BCUT2D eigenvalue weighted by molar-refractivity contribution is -0.152. The van der Waals surface area contributed by atoms with Gasteiger partial charge >= 0.3 is 5.97 Å². The fourth-order valence-electron chi connectivity index (χ4n) is 2.50. The van der Waals surface area contributed by atoms with E-state index in [1.54, 1.807) is 13.0 Å². The smallest absolute Gasteiger partial charge is 0.328 e. The number of hydrogen-bond donors (Lipinski definition) is 0. The van der Waals surface area contributed by atoms with Crippen molar-refractivity contribution in [3.8, 4) is 0 Å². The minimum absolute atomic E-state index is 0.151. The lowest BCUT2D eigenvalue weighted by Gasteiger charge is -2.23. The predicted molar refractivity (Wildman–Crippen MR) is 76.5 cm³/mol. The SMILES string of the molecule is CCOC(=O)C1CCCN1C(=O)Cc1c(F)cccc1Cl. The van der Waals surface area contributed by atoms with Crippen molar-refractivity contribution in [3.63, 3.8) is 0 Å². The second-order valence-corrected chi connectivity index (χ2v) is 5.28. The number of benzene rings is 1. The Labute approximate surface area is 127 Å². The molecule has 1 fully saturated rings. The quantitative estimate of drug-likeness (QED) is 0.803. The Hall–Kier alpha value is -1.62. The van der Waals surface area contributed by atoms with Crippen LogP contribution in [0.15, 0.2) is 18.2 Å². The van der Waals surface area contributed by atoms with Gasteiger partial charge in [-0.1, -0.05) is 17.7 Å². The normalized spacial score (nSPS) is 17.9. The molecule has 21 heavy (non-hydrogen) atoms. The van der Waals surface area contributed by atoms with Gasteiger partial charge in [-0.15, -0.1) is 0 Å². The van der Waals surface area contributed by atoms with E-state index in [2.05, 4.69) is 0 Å². The number of nitrogens with zero attached hydrogens (tertiary/aromatic N) is 1. The van der Waals surface area contributed by atoms with Crippen LogP contribution in [0.2, 0.25) is 5.02 Å². The minimum atomic E-state index is -0.567. The number of carbonyl (C=O) groups excluding carboxylic acids is 2. The number of halogens is 2. The zero-order valence-electron chi connectivity index (χ0n) is 11.8. The highest BCUT2D eigenvalue weighted by molar-refractivity contribution is 6.31. The molecule has 1 amide bonds. The van der Waals surface area contributed by atoms with Crippen LogP contribution in [0.4, 0.5) is 4.39 Å². The molecule has 6 heteroatoms. The average Bonchev–Trinajstić information content (AvgIpc) is 2.92. The largest absolute Gasteiger partial charge is 0.464 e. The molecule has 0 aromatic heterocycles. The summed E-state index contributed by atoms with van der Waals surface area (Å²) in [6.45, 7) is 2.48. The molecule has 0 spiro atoms. The molecule has 1 aromatic rings. The maximum absolute atomic E-state index is 13.7. The number of amides is 1. The Morgan fingerprint density at radius 3 is 2.90 bits per heavy atom. The van der Waals surface area contributed by atoms with Gasteiger partial charge in [-0.2, -0.15) is 0 Å². The first-order valence-corrected chi connectivity index (χ1v) is 7.31. The highest BCUT2D eigenvalue weighted by atomic mass is 35.5. The topological polar surface area (TPSA) is 46.6 Å². The third-order valence-electron chi connectivity index (χ3n) is 3.52. The Morgan fingerprint density at radius 2 is 2.24 bits per heavy atom. The van der Waals surface area contributed by atoms with Crippen molar-refractivity contribution in [3.05, 3.63) is 34.6 Å². The summed E-state index contributed by atoms with van der Waals surface area (Å²) in [5.74, 6) is -1.22. The lowest BCUT2D eigenvalue weighted by atomic mass is 10.1.